The highest BCUT2D eigenvalue weighted by atomic mass is 19.3. The van der Waals surface area contributed by atoms with Crippen molar-refractivity contribution in [1.29, 1.82) is 0 Å². The average molecular weight is 223 g/mol. The summed E-state index contributed by atoms with van der Waals surface area (Å²) in [6, 6.07) is 0. The fourth-order valence-corrected chi connectivity index (χ4v) is 1.57. The molecule has 2 N–H and O–H groups in total. The first-order chi connectivity index (χ1) is 6.89. The van der Waals surface area contributed by atoms with Crippen molar-refractivity contribution in [2.75, 3.05) is 13.2 Å². The van der Waals surface area contributed by atoms with Gasteiger partial charge in [0.05, 0.1) is 0 Å². The number of aliphatic hydroxyl groups excluding tert-OH is 1. The average Bonchev–Trinajstić information content (AvgIpc) is 2.18. The highest BCUT2D eigenvalue weighted by Gasteiger charge is 2.28. The minimum atomic E-state index is -2.95. The van der Waals surface area contributed by atoms with Gasteiger partial charge < -0.3 is 10.4 Å². The Bertz CT molecular complexity index is 176. The maximum atomic E-state index is 12.7. The predicted octanol–water partition coefficient (Wildman–Crippen LogP) is 2.56. The molecule has 1 atom stereocenters. The molecule has 0 bridgehead atoms. The van der Waals surface area contributed by atoms with E-state index in [4.69, 9.17) is 5.11 Å². The van der Waals surface area contributed by atoms with Crippen LogP contribution in [0, 0.1) is 0 Å². The van der Waals surface area contributed by atoms with Gasteiger partial charge in [0.25, 0.3) is 5.92 Å². The maximum Gasteiger partial charge on any atom is 0.271 e. The van der Waals surface area contributed by atoms with E-state index >= 15 is 0 Å². The predicted molar refractivity (Wildman–Crippen MR) is 58.3 cm³/mol. The molecule has 0 rings (SSSR count). The van der Waals surface area contributed by atoms with Gasteiger partial charge >= 0.3 is 0 Å². The van der Waals surface area contributed by atoms with Crippen LogP contribution in [0.1, 0.15) is 46.5 Å². The lowest BCUT2D eigenvalue weighted by Gasteiger charge is -2.30. The van der Waals surface area contributed by atoms with Gasteiger partial charge in [-0.15, -0.1) is 0 Å². The van der Waals surface area contributed by atoms with Crippen molar-refractivity contribution in [2.45, 2.75) is 57.9 Å². The Morgan fingerprint density at radius 1 is 1.20 bits per heavy atom. The SMILES string of the molecule is CCCC(C)(CC)NCCC(F)(F)CO. The molecule has 4 heteroatoms. The molecule has 0 fully saturated rings. The summed E-state index contributed by atoms with van der Waals surface area (Å²) in [4.78, 5) is 0. The zero-order chi connectivity index (χ0) is 11.9. The van der Waals surface area contributed by atoms with Gasteiger partial charge in [0, 0.05) is 18.5 Å². The van der Waals surface area contributed by atoms with Crippen molar-refractivity contribution >= 4 is 0 Å². The highest BCUT2D eigenvalue weighted by Crippen LogP contribution is 2.19. The molecule has 1 unspecified atom stereocenters. The van der Waals surface area contributed by atoms with Crippen LogP contribution >= 0.6 is 0 Å². The van der Waals surface area contributed by atoms with Gasteiger partial charge in [-0.05, 0) is 19.8 Å². The maximum absolute atomic E-state index is 12.7. The summed E-state index contributed by atoms with van der Waals surface area (Å²) in [5.41, 5.74) is -0.0553. The van der Waals surface area contributed by atoms with Gasteiger partial charge in [0.1, 0.15) is 6.61 Å². The number of aliphatic hydroxyl groups is 1. The minimum Gasteiger partial charge on any atom is -0.390 e. The van der Waals surface area contributed by atoms with E-state index in [0.717, 1.165) is 19.3 Å². The van der Waals surface area contributed by atoms with Crippen LogP contribution in [-0.2, 0) is 0 Å². The summed E-state index contributed by atoms with van der Waals surface area (Å²) in [7, 11) is 0. The molecule has 92 valence electrons. The van der Waals surface area contributed by atoms with E-state index in [1.165, 1.54) is 0 Å². The molecular weight excluding hydrogens is 200 g/mol. The summed E-state index contributed by atoms with van der Waals surface area (Å²) in [5.74, 6) is -2.95. The Morgan fingerprint density at radius 3 is 2.20 bits per heavy atom. The number of hydrogen-bond acceptors (Lipinski definition) is 2. The fourth-order valence-electron chi connectivity index (χ4n) is 1.57. The highest BCUT2D eigenvalue weighted by molar-refractivity contribution is 4.81. The van der Waals surface area contributed by atoms with E-state index in [2.05, 4.69) is 12.2 Å². The van der Waals surface area contributed by atoms with Crippen LogP contribution in [0.4, 0.5) is 8.78 Å². The first kappa shape index (κ1) is 14.8. The molecule has 15 heavy (non-hydrogen) atoms. The van der Waals surface area contributed by atoms with Crippen molar-refractivity contribution in [3.8, 4) is 0 Å². The van der Waals surface area contributed by atoms with Crippen molar-refractivity contribution < 1.29 is 13.9 Å². The van der Waals surface area contributed by atoms with Crippen LogP contribution in [0.15, 0.2) is 0 Å². The lowest BCUT2D eigenvalue weighted by atomic mass is 9.93. The summed E-state index contributed by atoms with van der Waals surface area (Å²) < 4.78 is 25.5. The van der Waals surface area contributed by atoms with Crippen LogP contribution in [0.2, 0.25) is 0 Å². The van der Waals surface area contributed by atoms with E-state index in [9.17, 15) is 8.78 Å². The molecule has 0 amide bonds. The van der Waals surface area contributed by atoms with Crippen LogP contribution in [0.25, 0.3) is 0 Å². The third-order valence-corrected chi connectivity index (χ3v) is 2.86. The Kier molecular flexibility index (Phi) is 6.29. The number of alkyl halides is 2. The van der Waals surface area contributed by atoms with Crippen LogP contribution in [0.3, 0.4) is 0 Å². The summed E-state index contributed by atoms with van der Waals surface area (Å²) in [6.45, 7) is 5.36. The quantitative estimate of drug-likeness (QED) is 0.663. The summed E-state index contributed by atoms with van der Waals surface area (Å²) in [5, 5.41) is 11.6. The van der Waals surface area contributed by atoms with Crippen LogP contribution in [0.5, 0.6) is 0 Å². The molecule has 0 heterocycles. The summed E-state index contributed by atoms with van der Waals surface area (Å²) in [6.07, 6.45) is 2.64. The Morgan fingerprint density at radius 2 is 1.80 bits per heavy atom. The van der Waals surface area contributed by atoms with E-state index in [1.54, 1.807) is 0 Å². The zero-order valence-electron chi connectivity index (χ0n) is 9.95. The van der Waals surface area contributed by atoms with Crippen molar-refractivity contribution in [2.24, 2.45) is 0 Å². The normalized spacial score (nSPS) is 16.4. The number of halogens is 2. The molecule has 0 aliphatic rings. The van der Waals surface area contributed by atoms with Gasteiger partial charge in [-0.1, -0.05) is 20.3 Å². The van der Waals surface area contributed by atoms with E-state index in [-0.39, 0.29) is 18.5 Å². The van der Waals surface area contributed by atoms with Gasteiger partial charge in [-0.3, -0.25) is 0 Å². The third-order valence-electron chi connectivity index (χ3n) is 2.86. The number of nitrogens with one attached hydrogen (secondary N) is 1. The van der Waals surface area contributed by atoms with Crippen LogP contribution < -0.4 is 5.32 Å². The van der Waals surface area contributed by atoms with Crippen molar-refractivity contribution in [1.82, 2.24) is 5.32 Å². The molecular formula is C11H23F2NO. The molecule has 0 aromatic carbocycles. The molecule has 0 aromatic heterocycles. The zero-order valence-corrected chi connectivity index (χ0v) is 9.95. The van der Waals surface area contributed by atoms with E-state index in [0.29, 0.717) is 0 Å². The Labute approximate surface area is 91.1 Å². The minimum absolute atomic E-state index is 0.0553. The topological polar surface area (TPSA) is 32.3 Å². The summed E-state index contributed by atoms with van der Waals surface area (Å²) >= 11 is 0. The standard InChI is InChI=1S/C11H23F2NO/c1-4-6-10(3,5-2)14-8-7-11(12,13)9-15/h14-15H,4-9H2,1-3H3. The molecule has 0 saturated carbocycles. The monoisotopic (exact) mass is 223 g/mol. The molecule has 0 aromatic rings. The molecule has 0 saturated heterocycles. The molecule has 0 spiro atoms. The van der Waals surface area contributed by atoms with E-state index < -0.39 is 12.5 Å². The lowest BCUT2D eigenvalue weighted by molar-refractivity contribution is -0.0566. The second-order valence-electron chi connectivity index (χ2n) is 4.36. The number of rotatable bonds is 8. The second-order valence-corrected chi connectivity index (χ2v) is 4.36. The first-order valence-electron chi connectivity index (χ1n) is 5.63. The smallest absolute Gasteiger partial charge is 0.271 e. The van der Waals surface area contributed by atoms with Gasteiger partial charge in [-0.2, -0.15) is 0 Å². The largest absolute Gasteiger partial charge is 0.390 e. The Balaban J connectivity index is 3.91. The fraction of sp³-hybridized carbons (Fsp3) is 1.00. The second kappa shape index (κ2) is 6.38. The van der Waals surface area contributed by atoms with E-state index in [1.807, 2.05) is 13.8 Å². The lowest BCUT2D eigenvalue weighted by Crippen LogP contribution is -2.43. The van der Waals surface area contributed by atoms with Crippen molar-refractivity contribution in [3.05, 3.63) is 0 Å². The molecule has 0 radical (unpaired) electrons. The first-order valence-corrected chi connectivity index (χ1v) is 5.63. The molecule has 0 aliphatic carbocycles. The molecule has 2 nitrogen and oxygen atoms in total. The van der Waals surface area contributed by atoms with Gasteiger partial charge in [0.15, 0.2) is 0 Å². The Hall–Kier alpha value is -0.220. The molecule has 0 aliphatic heterocycles. The van der Waals surface area contributed by atoms with Crippen LogP contribution in [-0.4, -0.2) is 29.7 Å². The van der Waals surface area contributed by atoms with Crippen molar-refractivity contribution in [3.63, 3.8) is 0 Å². The van der Waals surface area contributed by atoms with Gasteiger partial charge in [-0.25, -0.2) is 8.78 Å². The van der Waals surface area contributed by atoms with Gasteiger partial charge in [0.2, 0.25) is 0 Å². The number of hydrogen-bond donors (Lipinski definition) is 2. The third kappa shape index (κ3) is 6.05.